The van der Waals surface area contributed by atoms with Gasteiger partial charge in [-0.1, -0.05) is 19.3 Å². The lowest BCUT2D eigenvalue weighted by Crippen LogP contribution is -2.42. The highest BCUT2D eigenvalue weighted by molar-refractivity contribution is 5.92. The van der Waals surface area contributed by atoms with Crippen molar-refractivity contribution in [2.24, 2.45) is 0 Å². The Morgan fingerprint density at radius 2 is 1.52 bits per heavy atom. The van der Waals surface area contributed by atoms with Gasteiger partial charge in [0.25, 0.3) is 0 Å². The fraction of sp³-hybridized carbons (Fsp3) is 0.667. The van der Waals surface area contributed by atoms with Crippen LogP contribution in [0.25, 0.3) is 10.9 Å². The molecule has 31 heavy (non-hydrogen) atoms. The van der Waals surface area contributed by atoms with Crippen molar-refractivity contribution in [1.82, 2.24) is 14.9 Å². The number of benzene rings is 1. The van der Waals surface area contributed by atoms with Crippen molar-refractivity contribution in [3.63, 3.8) is 0 Å². The fourth-order valence-electron chi connectivity index (χ4n) is 4.81. The highest BCUT2D eigenvalue weighted by Crippen LogP contribution is 2.35. The highest BCUT2D eigenvalue weighted by Gasteiger charge is 2.23. The summed E-state index contributed by atoms with van der Waals surface area (Å²) in [5, 5.41) is 8.30. The molecule has 4 rings (SSSR count). The molecule has 0 radical (unpaired) electrons. The molecular weight excluding hydrogens is 390 g/mol. The van der Waals surface area contributed by atoms with Crippen LogP contribution in [0.1, 0.15) is 58.8 Å². The fourth-order valence-corrected chi connectivity index (χ4v) is 4.81. The second-order valence-corrected chi connectivity index (χ2v) is 9.15. The number of nitrogens with one attached hydrogen (secondary N) is 2. The Labute approximate surface area is 185 Å². The van der Waals surface area contributed by atoms with E-state index in [9.17, 15) is 0 Å². The molecule has 1 aromatic carbocycles. The van der Waals surface area contributed by atoms with Crippen LogP contribution in [-0.2, 0) is 0 Å². The number of likely N-dealkylation sites (tertiary alicyclic amines) is 1. The SMILES string of the molecule is COc1cc2nc(NC3CCCCC3)nc(NC3CCN(C(C)C)CC3)c2cc1OC. The second-order valence-electron chi connectivity index (χ2n) is 9.15. The zero-order chi connectivity index (χ0) is 21.8. The lowest BCUT2D eigenvalue weighted by Gasteiger charge is -2.35. The van der Waals surface area contributed by atoms with Crippen LogP contribution in [-0.4, -0.2) is 60.3 Å². The smallest absolute Gasteiger partial charge is 0.225 e. The minimum Gasteiger partial charge on any atom is -0.493 e. The van der Waals surface area contributed by atoms with Gasteiger partial charge in [-0.2, -0.15) is 4.98 Å². The molecule has 0 unspecified atom stereocenters. The molecule has 2 aliphatic rings. The van der Waals surface area contributed by atoms with Gasteiger partial charge >= 0.3 is 0 Å². The first-order valence-electron chi connectivity index (χ1n) is 11.8. The van der Waals surface area contributed by atoms with Crippen molar-refractivity contribution >= 4 is 22.7 Å². The molecule has 1 aliphatic carbocycles. The normalized spacial score (nSPS) is 19.0. The Morgan fingerprint density at radius 3 is 2.16 bits per heavy atom. The number of aromatic nitrogens is 2. The molecule has 170 valence electrons. The average Bonchev–Trinajstić information content (AvgIpc) is 2.79. The summed E-state index contributed by atoms with van der Waals surface area (Å²) in [6.45, 7) is 6.77. The molecule has 2 aromatic rings. The third-order valence-corrected chi connectivity index (χ3v) is 6.74. The van der Waals surface area contributed by atoms with Crippen molar-refractivity contribution < 1.29 is 9.47 Å². The topological polar surface area (TPSA) is 71.5 Å². The Hall–Kier alpha value is -2.28. The van der Waals surface area contributed by atoms with Crippen LogP contribution in [0.4, 0.5) is 11.8 Å². The maximum absolute atomic E-state index is 5.55. The van der Waals surface area contributed by atoms with Gasteiger partial charge in [-0.3, -0.25) is 0 Å². The molecule has 0 bridgehead atoms. The van der Waals surface area contributed by atoms with Gasteiger partial charge in [0.2, 0.25) is 5.95 Å². The van der Waals surface area contributed by atoms with Crippen LogP contribution < -0.4 is 20.1 Å². The first kappa shape index (κ1) is 21.9. The van der Waals surface area contributed by atoms with Crippen LogP contribution in [0.3, 0.4) is 0 Å². The molecule has 0 atom stereocenters. The lowest BCUT2D eigenvalue weighted by molar-refractivity contribution is 0.177. The first-order chi connectivity index (χ1) is 15.1. The molecule has 7 nitrogen and oxygen atoms in total. The average molecular weight is 428 g/mol. The highest BCUT2D eigenvalue weighted by atomic mass is 16.5. The van der Waals surface area contributed by atoms with Crippen molar-refractivity contribution in [1.29, 1.82) is 0 Å². The maximum Gasteiger partial charge on any atom is 0.225 e. The Bertz CT molecular complexity index is 874. The Morgan fingerprint density at radius 1 is 0.871 bits per heavy atom. The van der Waals surface area contributed by atoms with Gasteiger partial charge < -0.3 is 25.0 Å². The van der Waals surface area contributed by atoms with E-state index in [1.165, 1.54) is 32.1 Å². The Kier molecular flexibility index (Phi) is 7.00. The summed E-state index contributed by atoms with van der Waals surface area (Å²) in [4.78, 5) is 12.3. The van der Waals surface area contributed by atoms with Gasteiger partial charge in [-0.05, 0) is 45.6 Å². The molecule has 2 fully saturated rings. The van der Waals surface area contributed by atoms with E-state index in [2.05, 4.69) is 29.4 Å². The summed E-state index contributed by atoms with van der Waals surface area (Å²) >= 11 is 0. The van der Waals surface area contributed by atoms with Crippen molar-refractivity contribution in [2.75, 3.05) is 37.9 Å². The van der Waals surface area contributed by atoms with E-state index in [-0.39, 0.29) is 0 Å². The quantitative estimate of drug-likeness (QED) is 0.665. The molecule has 0 amide bonds. The van der Waals surface area contributed by atoms with Crippen molar-refractivity contribution in [2.45, 2.75) is 76.9 Å². The summed E-state index contributed by atoms with van der Waals surface area (Å²) in [6.07, 6.45) is 8.47. The third kappa shape index (κ3) is 5.14. The van der Waals surface area contributed by atoms with Crippen LogP contribution in [0, 0.1) is 0 Å². The molecule has 1 saturated heterocycles. The standard InChI is InChI=1S/C24H37N5O2/c1-16(2)29-12-10-18(11-13-29)25-23-19-14-21(30-3)22(31-4)15-20(19)27-24(28-23)26-17-8-6-5-7-9-17/h14-18H,5-13H2,1-4H3,(H2,25,26,27,28). The zero-order valence-electron chi connectivity index (χ0n) is 19.4. The summed E-state index contributed by atoms with van der Waals surface area (Å²) in [6, 6.07) is 5.40. The molecule has 7 heteroatoms. The zero-order valence-corrected chi connectivity index (χ0v) is 19.4. The molecule has 1 aliphatic heterocycles. The number of hydrogen-bond donors (Lipinski definition) is 2. The van der Waals surface area contributed by atoms with Gasteiger partial charge in [0.1, 0.15) is 5.82 Å². The molecule has 1 saturated carbocycles. The molecule has 0 spiro atoms. The summed E-state index contributed by atoms with van der Waals surface area (Å²) < 4.78 is 11.1. The number of methoxy groups -OCH3 is 2. The largest absolute Gasteiger partial charge is 0.493 e. The summed E-state index contributed by atoms with van der Waals surface area (Å²) in [7, 11) is 3.33. The van der Waals surface area contributed by atoms with Crippen LogP contribution in [0.5, 0.6) is 11.5 Å². The van der Waals surface area contributed by atoms with Gasteiger partial charge in [0.15, 0.2) is 11.5 Å². The number of hydrogen-bond acceptors (Lipinski definition) is 7. The lowest BCUT2D eigenvalue weighted by atomic mass is 9.96. The molecular formula is C24H37N5O2. The van der Waals surface area contributed by atoms with Gasteiger partial charge in [0, 0.05) is 42.7 Å². The van der Waals surface area contributed by atoms with E-state index in [1.54, 1.807) is 14.2 Å². The number of fused-ring (bicyclic) bond motifs is 1. The summed E-state index contributed by atoms with van der Waals surface area (Å²) in [5.74, 6) is 2.97. The maximum atomic E-state index is 5.55. The van der Waals surface area contributed by atoms with Crippen LogP contribution in [0.2, 0.25) is 0 Å². The van der Waals surface area contributed by atoms with Crippen LogP contribution in [0.15, 0.2) is 12.1 Å². The van der Waals surface area contributed by atoms with E-state index < -0.39 is 0 Å². The predicted octanol–water partition coefficient (Wildman–Crippen LogP) is 4.68. The minimum absolute atomic E-state index is 0.406. The van der Waals surface area contributed by atoms with Crippen LogP contribution >= 0.6 is 0 Å². The van der Waals surface area contributed by atoms with E-state index in [4.69, 9.17) is 19.4 Å². The Balaban J connectivity index is 1.63. The van der Waals surface area contributed by atoms with Gasteiger partial charge in [-0.25, -0.2) is 4.98 Å². The number of piperidine rings is 1. The van der Waals surface area contributed by atoms with E-state index in [0.717, 1.165) is 42.7 Å². The van der Waals surface area contributed by atoms with Crippen molar-refractivity contribution in [3.05, 3.63) is 12.1 Å². The first-order valence-corrected chi connectivity index (χ1v) is 11.8. The van der Waals surface area contributed by atoms with E-state index in [0.29, 0.717) is 35.6 Å². The number of anilines is 2. The molecule has 2 heterocycles. The van der Waals surface area contributed by atoms with E-state index >= 15 is 0 Å². The van der Waals surface area contributed by atoms with Gasteiger partial charge in [0.05, 0.1) is 19.7 Å². The van der Waals surface area contributed by atoms with Crippen molar-refractivity contribution in [3.8, 4) is 11.5 Å². The van der Waals surface area contributed by atoms with Gasteiger partial charge in [-0.15, -0.1) is 0 Å². The molecule has 2 N–H and O–H groups in total. The third-order valence-electron chi connectivity index (χ3n) is 6.74. The number of nitrogens with zero attached hydrogens (tertiary/aromatic N) is 3. The predicted molar refractivity (Wildman–Crippen MR) is 126 cm³/mol. The monoisotopic (exact) mass is 427 g/mol. The minimum atomic E-state index is 0.406. The number of rotatable bonds is 7. The number of ether oxygens (including phenoxy) is 2. The summed E-state index contributed by atoms with van der Waals surface area (Å²) in [5.41, 5.74) is 0.869. The van der Waals surface area contributed by atoms with E-state index in [1.807, 2.05) is 12.1 Å². The molecule has 1 aromatic heterocycles. The second kappa shape index (κ2) is 9.90.